The molecule has 3 unspecified atom stereocenters. The van der Waals surface area contributed by atoms with Crippen molar-refractivity contribution in [1.82, 2.24) is 5.32 Å². The van der Waals surface area contributed by atoms with Crippen molar-refractivity contribution in [2.24, 2.45) is 5.92 Å². The standard InChI is InChI=1S/C14H20FNO2/c1-10(11-6-7-18-9-11)16-8-14(17)12-4-2-3-5-13(12)15/h2-5,10-11,14,16-17H,6-9H2,1H3. The Bertz CT molecular complexity index is 380. The molecule has 3 atom stereocenters. The van der Waals surface area contributed by atoms with Gasteiger partial charge in [-0.05, 0) is 25.3 Å². The molecule has 1 fully saturated rings. The number of hydrogen-bond acceptors (Lipinski definition) is 3. The van der Waals surface area contributed by atoms with Crippen LogP contribution in [0.1, 0.15) is 25.0 Å². The zero-order chi connectivity index (χ0) is 13.0. The van der Waals surface area contributed by atoms with Gasteiger partial charge in [0.15, 0.2) is 0 Å². The summed E-state index contributed by atoms with van der Waals surface area (Å²) in [5.74, 6) is 0.126. The maximum atomic E-state index is 13.5. The molecule has 3 nitrogen and oxygen atoms in total. The molecule has 0 aliphatic carbocycles. The van der Waals surface area contributed by atoms with Crippen molar-refractivity contribution in [2.75, 3.05) is 19.8 Å². The minimum Gasteiger partial charge on any atom is -0.387 e. The Morgan fingerprint density at radius 1 is 1.50 bits per heavy atom. The SMILES string of the molecule is CC(NCC(O)c1ccccc1F)C1CCOC1. The molecule has 0 radical (unpaired) electrons. The van der Waals surface area contributed by atoms with Crippen LogP contribution in [0.3, 0.4) is 0 Å². The van der Waals surface area contributed by atoms with Crippen molar-refractivity contribution in [1.29, 1.82) is 0 Å². The fraction of sp³-hybridized carbons (Fsp3) is 0.571. The molecule has 1 aliphatic heterocycles. The van der Waals surface area contributed by atoms with E-state index in [2.05, 4.69) is 12.2 Å². The number of nitrogens with one attached hydrogen (secondary N) is 1. The lowest BCUT2D eigenvalue weighted by Crippen LogP contribution is -2.36. The smallest absolute Gasteiger partial charge is 0.129 e. The zero-order valence-electron chi connectivity index (χ0n) is 10.6. The van der Waals surface area contributed by atoms with Gasteiger partial charge in [-0.25, -0.2) is 4.39 Å². The third-order valence-corrected chi connectivity index (χ3v) is 3.57. The van der Waals surface area contributed by atoms with Crippen molar-refractivity contribution in [3.8, 4) is 0 Å². The van der Waals surface area contributed by atoms with Crippen LogP contribution in [0.4, 0.5) is 4.39 Å². The fourth-order valence-electron chi connectivity index (χ4n) is 2.27. The van der Waals surface area contributed by atoms with Crippen LogP contribution in [0, 0.1) is 11.7 Å². The van der Waals surface area contributed by atoms with E-state index in [1.807, 2.05) is 0 Å². The summed E-state index contributed by atoms with van der Waals surface area (Å²) < 4.78 is 18.8. The number of ether oxygens (including phenoxy) is 1. The van der Waals surface area contributed by atoms with Gasteiger partial charge in [0.25, 0.3) is 0 Å². The van der Waals surface area contributed by atoms with Gasteiger partial charge in [-0.15, -0.1) is 0 Å². The van der Waals surface area contributed by atoms with Crippen molar-refractivity contribution < 1.29 is 14.2 Å². The Morgan fingerprint density at radius 2 is 2.28 bits per heavy atom. The molecule has 0 spiro atoms. The lowest BCUT2D eigenvalue weighted by Gasteiger charge is -2.21. The van der Waals surface area contributed by atoms with Gasteiger partial charge in [0, 0.05) is 24.8 Å². The maximum Gasteiger partial charge on any atom is 0.129 e. The largest absolute Gasteiger partial charge is 0.387 e. The summed E-state index contributed by atoms with van der Waals surface area (Å²) in [7, 11) is 0. The summed E-state index contributed by atoms with van der Waals surface area (Å²) in [6.07, 6.45) is 0.236. The van der Waals surface area contributed by atoms with E-state index in [1.54, 1.807) is 18.2 Å². The first kappa shape index (κ1) is 13.5. The molecule has 0 saturated carbocycles. The highest BCUT2D eigenvalue weighted by Crippen LogP contribution is 2.19. The van der Waals surface area contributed by atoms with E-state index >= 15 is 0 Å². The van der Waals surface area contributed by atoms with Gasteiger partial charge in [0.2, 0.25) is 0 Å². The molecular formula is C14H20FNO2. The van der Waals surface area contributed by atoms with E-state index in [0.29, 0.717) is 18.0 Å². The van der Waals surface area contributed by atoms with E-state index in [4.69, 9.17) is 4.74 Å². The number of hydrogen-bond donors (Lipinski definition) is 2. The van der Waals surface area contributed by atoms with Crippen LogP contribution in [0.5, 0.6) is 0 Å². The number of aliphatic hydroxyl groups is 1. The van der Waals surface area contributed by atoms with Crippen LogP contribution in [-0.4, -0.2) is 30.9 Å². The Kier molecular flexibility index (Phi) is 4.69. The third kappa shape index (κ3) is 3.28. The van der Waals surface area contributed by atoms with E-state index in [-0.39, 0.29) is 11.9 Å². The van der Waals surface area contributed by atoms with Gasteiger partial charge in [-0.3, -0.25) is 0 Å². The van der Waals surface area contributed by atoms with Gasteiger partial charge in [0.05, 0.1) is 12.7 Å². The summed E-state index contributed by atoms with van der Waals surface area (Å²) >= 11 is 0. The summed E-state index contributed by atoms with van der Waals surface area (Å²) in [4.78, 5) is 0. The van der Waals surface area contributed by atoms with Crippen molar-refractivity contribution in [3.63, 3.8) is 0 Å². The molecule has 1 aliphatic rings. The van der Waals surface area contributed by atoms with Crippen LogP contribution in [0.25, 0.3) is 0 Å². The normalized spacial score (nSPS) is 22.9. The van der Waals surface area contributed by atoms with Gasteiger partial charge in [0.1, 0.15) is 5.82 Å². The Labute approximate surface area is 107 Å². The second-order valence-electron chi connectivity index (χ2n) is 4.86. The summed E-state index contributed by atoms with van der Waals surface area (Å²) in [5, 5.41) is 13.2. The lowest BCUT2D eigenvalue weighted by atomic mass is 10.00. The second-order valence-corrected chi connectivity index (χ2v) is 4.86. The van der Waals surface area contributed by atoms with Crippen molar-refractivity contribution in [2.45, 2.75) is 25.5 Å². The molecule has 4 heteroatoms. The molecule has 1 aromatic carbocycles. The van der Waals surface area contributed by atoms with Gasteiger partial charge in [-0.2, -0.15) is 0 Å². The molecule has 2 rings (SSSR count). The van der Waals surface area contributed by atoms with Crippen molar-refractivity contribution in [3.05, 3.63) is 35.6 Å². The predicted octanol–water partition coefficient (Wildman–Crippen LogP) is 1.87. The molecule has 0 bridgehead atoms. The third-order valence-electron chi connectivity index (χ3n) is 3.57. The van der Waals surface area contributed by atoms with Crippen LogP contribution >= 0.6 is 0 Å². The van der Waals surface area contributed by atoms with E-state index < -0.39 is 6.10 Å². The number of halogens is 1. The highest BCUT2D eigenvalue weighted by Gasteiger charge is 2.23. The Morgan fingerprint density at radius 3 is 2.94 bits per heavy atom. The Hall–Kier alpha value is -0.970. The molecule has 2 N–H and O–H groups in total. The minimum absolute atomic E-state index is 0.272. The first-order valence-electron chi connectivity index (χ1n) is 6.42. The Balaban J connectivity index is 1.84. The molecule has 100 valence electrons. The zero-order valence-corrected chi connectivity index (χ0v) is 10.6. The quantitative estimate of drug-likeness (QED) is 0.842. The second kappa shape index (κ2) is 6.27. The van der Waals surface area contributed by atoms with Crippen LogP contribution in [0.15, 0.2) is 24.3 Å². The topological polar surface area (TPSA) is 41.5 Å². The molecule has 1 heterocycles. The highest BCUT2D eigenvalue weighted by atomic mass is 19.1. The van der Waals surface area contributed by atoms with Crippen molar-refractivity contribution >= 4 is 0 Å². The number of aliphatic hydroxyl groups excluding tert-OH is 1. The predicted molar refractivity (Wildman–Crippen MR) is 67.8 cm³/mol. The summed E-state index contributed by atoms with van der Waals surface area (Å²) in [6.45, 7) is 4.02. The monoisotopic (exact) mass is 253 g/mol. The average molecular weight is 253 g/mol. The molecule has 0 amide bonds. The first-order chi connectivity index (χ1) is 8.68. The van der Waals surface area contributed by atoms with Gasteiger partial charge in [-0.1, -0.05) is 18.2 Å². The molecule has 0 aromatic heterocycles. The summed E-state index contributed by atoms with van der Waals surface area (Å²) in [5.41, 5.74) is 0.347. The van der Waals surface area contributed by atoms with E-state index in [9.17, 15) is 9.50 Å². The van der Waals surface area contributed by atoms with Crippen LogP contribution in [-0.2, 0) is 4.74 Å². The minimum atomic E-state index is -0.809. The number of benzene rings is 1. The average Bonchev–Trinajstić information content (AvgIpc) is 2.90. The molecule has 18 heavy (non-hydrogen) atoms. The maximum absolute atomic E-state index is 13.5. The molecule has 1 aromatic rings. The lowest BCUT2D eigenvalue weighted by molar-refractivity contribution is 0.153. The van der Waals surface area contributed by atoms with Crippen LogP contribution < -0.4 is 5.32 Å². The van der Waals surface area contributed by atoms with E-state index in [0.717, 1.165) is 19.6 Å². The first-order valence-corrected chi connectivity index (χ1v) is 6.42. The van der Waals surface area contributed by atoms with Crippen LogP contribution in [0.2, 0.25) is 0 Å². The highest BCUT2D eigenvalue weighted by molar-refractivity contribution is 5.20. The summed E-state index contributed by atoms with van der Waals surface area (Å²) in [6, 6.07) is 6.61. The van der Waals surface area contributed by atoms with E-state index in [1.165, 1.54) is 6.07 Å². The number of rotatable bonds is 5. The van der Waals surface area contributed by atoms with Gasteiger partial charge < -0.3 is 15.2 Å². The fourth-order valence-corrected chi connectivity index (χ4v) is 2.27. The van der Waals surface area contributed by atoms with Gasteiger partial charge >= 0.3 is 0 Å². The molecule has 1 saturated heterocycles. The molecular weight excluding hydrogens is 233 g/mol.